The van der Waals surface area contributed by atoms with E-state index in [0.717, 1.165) is 0 Å². The number of aliphatic imine (C=N–C) groups is 1. The van der Waals surface area contributed by atoms with E-state index < -0.39 is 6.04 Å². The van der Waals surface area contributed by atoms with E-state index in [2.05, 4.69) is 4.99 Å². The first-order valence-electron chi connectivity index (χ1n) is 3.23. The van der Waals surface area contributed by atoms with Crippen molar-refractivity contribution in [1.29, 1.82) is 0 Å². The number of rotatable bonds is 4. The summed E-state index contributed by atoms with van der Waals surface area (Å²) in [6.07, 6.45) is 2.66. The lowest BCUT2D eigenvalue weighted by Crippen LogP contribution is -2.08. The van der Waals surface area contributed by atoms with Crippen molar-refractivity contribution in [2.24, 2.45) is 10.9 Å². The first-order valence-corrected chi connectivity index (χ1v) is 3.23. The van der Waals surface area contributed by atoms with Crippen LogP contribution < -0.4 is 0 Å². The molecule has 0 aromatic carbocycles. The molecule has 0 aromatic rings. The summed E-state index contributed by atoms with van der Waals surface area (Å²) in [7, 11) is 0. The number of hydrogen-bond donors (Lipinski definition) is 0. The molecule has 0 rings (SSSR count). The topological polar surface area (TPSA) is 78.0 Å². The van der Waals surface area contributed by atoms with Crippen molar-refractivity contribution < 1.29 is 15.1 Å². The molecule has 4 nitrogen and oxygen atoms in total. The zero-order valence-electron chi connectivity index (χ0n) is 6.70. The van der Waals surface area contributed by atoms with Gasteiger partial charge in [0.2, 0.25) is 6.08 Å². The van der Waals surface area contributed by atoms with Gasteiger partial charge in [-0.1, -0.05) is 13.8 Å². The molecule has 0 bridgehead atoms. The van der Waals surface area contributed by atoms with Gasteiger partial charge < -0.3 is 10.3 Å². The van der Waals surface area contributed by atoms with Gasteiger partial charge in [0.05, 0.1) is 0 Å². The van der Waals surface area contributed by atoms with Crippen LogP contribution in [-0.4, -0.2) is 23.9 Å². The fourth-order valence-corrected chi connectivity index (χ4v) is 0.689. The lowest BCUT2D eigenvalue weighted by molar-refractivity contribution is -0.109. The summed E-state index contributed by atoms with van der Waals surface area (Å²) in [4.78, 5) is 23.2. The summed E-state index contributed by atoms with van der Waals surface area (Å²) in [5.41, 5.74) is 0. The van der Waals surface area contributed by atoms with Gasteiger partial charge in [0.25, 0.3) is 0 Å². The molecule has 2 N–H and O–H groups in total. The quantitative estimate of drug-likeness (QED) is 0.331. The van der Waals surface area contributed by atoms with Gasteiger partial charge >= 0.3 is 0 Å². The Balaban J connectivity index is 0. The molecule has 0 aromatic heterocycles. The molecule has 0 saturated heterocycles. The Hall–Kier alpha value is -0.990. The summed E-state index contributed by atoms with van der Waals surface area (Å²) in [5.74, 6) is 0.382. The van der Waals surface area contributed by atoms with Crippen molar-refractivity contribution in [3.8, 4) is 0 Å². The maximum Gasteiger partial charge on any atom is 0.235 e. The van der Waals surface area contributed by atoms with Gasteiger partial charge in [0.15, 0.2) is 0 Å². The second kappa shape index (κ2) is 7.12. The highest BCUT2D eigenvalue weighted by Crippen LogP contribution is 2.04. The molecule has 0 aliphatic heterocycles. The largest absolute Gasteiger partial charge is 0.412 e. The number of nitrogens with zero attached hydrogens (tertiary/aromatic N) is 1. The Morgan fingerprint density at radius 2 is 2.09 bits per heavy atom. The third-order valence-corrected chi connectivity index (χ3v) is 1.09. The Morgan fingerprint density at radius 3 is 2.36 bits per heavy atom. The van der Waals surface area contributed by atoms with Crippen LogP contribution >= 0.6 is 0 Å². The predicted molar refractivity (Wildman–Crippen MR) is 41.0 cm³/mol. The minimum Gasteiger partial charge on any atom is -0.412 e. The van der Waals surface area contributed by atoms with E-state index in [1.807, 2.05) is 13.8 Å². The smallest absolute Gasteiger partial charge is 0.235 e. The highest BCUT2D eigenvalue weighted by molar-refractivity contribution is 5.59. The summed E-state index contributed by atoms with van der Waals surface area (Å²) in [6.45, 7) is 3.94. The average molecular weight is 159 g/mol. The molecule has 64 valence electrons. The van der Waals surface area contributed by atoms with Crippen molar-refractivity contribution in [2.45, 2.75) is 26.3 Å². The van der Waals surface area contributed by atoms with E-state index >= 15 is 0 Å². The van der Waals surface area contributed by atoms with Gasteiger partial charge in [-0.05, 0) is 12.3 Å². The molecule has 1 atom stereocenters. The molecule has 4 heteroatoms. The van der Waals surface area contributed by atoms with E-state index in [1.165, 1.54) is 6.08 Å². The number of carbonyl (C=O) groups is 1. The van der Waals surface area contributed by atoms with Crippen LogP contribution in [-0.2, 0) is 9.59 Å². The highest BCUT2D eigenvalue weighted by atomic mass is 16.1. The van der Waals surface area contributed by atoms with Crippen LogP contribution in [0.3, 0.4) is 0 Å². The number of isocyanates is 1. The molecule has 0 heterocycles. The molecule has 0 saturated carbocycles. The van der Waals surface area contributed by atoms with Gasteiger partial charge in [-0.2, -0.15) is 4.99 Å². The second-order valence-electron chi connectivity index (χ2n) is 2.55. The van der Waals surface area contributed by atoms with Gasteiger partial charge in [0.1, 0.15) is 12.3 Å². The SMILES string of the molecule is CC(C)CC(C=O)N=C=O.O. The lowest BCUT2D eigenvalue weighted by atomic mass is 10.1. The summed E-state index contributed by atoms with van der Waals surface area (Å²) in [5, 5.41) is 0. The summed E-state index contributed by atoms with van der Waals surface area (Å²) >= 11 is 0. The molecule has 0 amide bonds. The van der Waals surface area contributed by atoms with Crippen LogP contribution in [0.4, 0.5) is 0 Å². The number of hydrogen-bond acceptors (Lipinski definition) is 3. The van der Waals surface area contributed by atoms with Crippen LogP contribution in [0, 0.1) is 5.92 Å². The third-order valence-electron chi connectivity index (χ3n) is 1.09. The van der Waals surface area contributed by atoms with Crippen molar-refractivity contribution >= 4 is 12.4 Å². The van der Waals surface area contributed by atoms with Crippen LogP contribution in [0.2, 0.25) is 0 Å². The first-order chi connectivity index (χ1) is 4.70. The van der Waals surface area contributed by atoms with Crippen molar-refractivity contribution in [3.05, 3.63) is 0 Å². The van der Waals surface area contributed by atoms with Crippen molar-refractivity contribution in [3.63, 3.8) is 0 Å². The summed E-state index contributed by atoms with van der Waals surface area (Å²) < 4.78 is 0. The Kier molecular flexibility index (Phi) is 8.20. The lowest BCUT2D eigenvalue weighted by Gasteiger charge is -2.04. The predicted octanol–water partition coefficient (Wildman–Crippen LogP) is 0.111. The maximum atomic E-state index is 10.2. The molecular weight excluding hydrogens is 146 g/mol. The molecule has 0 fully saturated rings. The maximum absolute atomic E-state index is 10.2. The van der Waals surface area contributed by atoms with Gasteiger partial charge in [-0.3, -0.25) is 0 Å². The van der Waals surface area contributed by atoms with Gasteiger partial charge in [0, 0.05) is 0 Å². The van der Waals surface area contributed by atoms with Crippen LogP contribution in [0.25, 0.3) is 0 Å². The van der Waals surface area contributed by atoms with Gasteiger partial charge in [-0.25, -0.2) is 4.79 Å². The Morgan fingerprint density at radius 1 is 1.55 bits per heavy atom. The number of aldehydes is 1. The molecule has 11 heavy (non-hydrogen) atoms. The fraction of sp³-hybridized carbons (Fsp3) is 0.714. The normalized spacial score (nSPS) is 11.2. The molecule has 0 aliphatic rings. The van der Waals surface area contributed by atoms with E-state index in [1.54, 1.807) is 0 Å². The molecule has 0 radical (unpaired) electrons. The highest BCUT2D eigenvalue weighted by Gasteiger charge is 2.06. The molecule has 0 spiro atoms. The van der Waals surface area contributed by atoms with E-state index in [9.17, 15) is 9.59 Å². The minimum atomic E-state index is -0.488. The van der Waals surface area contributed by atoms with E-state index in [-0.39, 0.29) is 5.48 Å². The zero-order valence-corrected chi connectivity index (χ0v) is 6.70. The van der Waals surface area contributed by atoms with Crippen molar-refractivity contribution in [1.82, 2.24) is 0 Å². The van der Waals surface area contributed by atoms with E-state index in [4.69, 9.17) is 0 Å². The Labute approximate surface area is 65.6 Å². The molecule has 1 unspecified atom stereocenters. The van der Waals surface area contributed by atoms with Crippen LogP contribution in [0.15, 0.2) is 4.99 Å². The van der Waals surface area contributed by atoms with E-state index in [0.29, 0.717) is 18.6 Å². The fourth-order valence-electron chi connectivity index (χ4n) is 0.689. The van der Waals surface area contributed by atoms with Crippen molar-refractivity contribution in [2.75, 3.05) is 0 Å². The monoisotopic (exact) mass is 159 g/mol. The average Bonchev–Trinajstić information content (AvgIpc) is 1.86. The molecular formula is C7H13NO3. The second-order valence-corrected chi connectivity index (χ2v) is 2.55. The zero-order chi connectivity index (χ0) is 7.98. The first kappa shape index (κ1) is 12.7. The standard InChI is InChI=1S/C7H11NO2.H2O/c1-6(2)3-7(4-9)8-5-10;/h4,6-7H,3H2,1-2H3;1H2. The minimum absolute atomic E-state index is 0. The summed E-state index contributed by atoms with van der Waals surface area (Å²) in [6, 6.07) is -0.488. The van der Waals surface area contributed by atoms with Crippen LogP contribution in [0.1, 0.15) is 20.3 Å². The molecule has 0 aliphatic carbocycles. The number of carbonyl (C=O) groups excluding carboxylic acids is 2. The Bertz CT molecular complexity index is 150. The van der Waals surface area contributed by atoms with Gasteiger partial charge in [-0.15, -0.1) is 0 Å². The third kappa shape index (κ3) is 6.90. The van der Waals surface area contributed by atoms with Crippen LogP contribution in [0.5, 0.6) is 0 Å².